The molecule has 0 aliphatic rings. The molecule has 0 heterocycles. The zero-order valence-electron chi connectivity index (χ0n) is 14.9. The molecule has 2 aromatic rings. The van der Waals surface area contributed by atoms with E-state index in [1.165, 1.54) is 0 Å². The summed E-state index contributed by atoms with van der Waals surface area (Å²) < 4.78 is 10.9. The maximum atomic E-state index is 12.3. The molecule has 26 heavy (non-hydrogen) atoms. The topological polar surface area (TPSA) is 59.6 Å². The number of anilines is 1. The number of benzene rings is 2. The molecule has 0 saturated carbocycles. The minimum Gasteiger partial charge on any atom is -0.494 e. The molecule has 2 N–H and O–H groups in total. The molecule has 6 heteroatoms. The van der Waals surface area contributed by atoms with Crippen LogP contribution in [0.15, 0.2) is 60.7 Å². The highest BCUT2D eigenvalue weighted by Crippen LogP contribution is 2.16. The Labute approximate surface area is 159 Å². The van der Waals surface area contributed by atoms with Gasteiger partial charge in [0.05, 0.1) is 6.61 Å². The van der Waals surface area contributed by atoms with E-state index < -0.39 is 0 Å². The molecule has 0 aromatic heterocycles. The van der Waals surface area contributed by atoms with Crippen LogP contribution < -0.4 is 20.1 Å². The van der Waals surface area contributed by atoms with Crippen molar-refractivity contribution in [2.24, 2.45) is 0 Å². The van der Waals surface area contributed by atoms with Crippen LogP contribution >= 0.6 is 12.2 Å². The summed E-state index contributed by atoms with van der Waals surface area (Å²) in [7, 11) is 0. The van der Waals surface area contributed by atoms with Crippen LogP contribution in [0.25, 0.3) is 0 Å². The number of thiocarbonyl (C=S) groups is 1. The lowest BCUT2D eigenvalue weighted by Gasteiger charge is -2.11. The van der Waals surface area contributed by atoms with Crippen LogP contribution in [0.2, 0.25) is 0 Å². The molecule has 136 valence electrons. The number of carbonyl (C=O) groups is 1. The highest BCUT2D eigenvalue weighted by Gasteiger charge is 2.09. The normalized spacial score (nSPS) is 9.92. The fraction of sp³-hybridized carbons (Fsp3) is 0.200. The van der Waals surface area contributed by atoms with Crippen molar-refractivity contribution in [1.82, 2.24) is 5.32 Å². The number of carbonyl (C=O) groups excluding carboxylic acids is 1. The van der Waals surface area contributed by atoms with Gasteiger partial charge in [0.15, 0.2) is 5.11 Å². The minimum atomic E-state index is -0.300. The fourth-order valence-corrected chi connectivity index (χ4v) is 2.28. The van der Waals surface area contributed by atoms with Crippen molar-refractivity contribution in [2.75, 3.05) is 18.5 Å². The van der Waals surface area contributed by atoms with Crippen molar-refractivity contribution in [2.45, 2.75) is 13.8 Å². The summed E-state index contributed by atoms with van der Waals surface area (Å²) in [4.78, 5) is 12.3. The lowest BCUT2D eigenvalue weighted by Crippen LogP contribution is -2.34. The lowest BCUT2D eigenvalue weighted by molar-refractivity contribution is 0.0977. The average molecular weight is 370 g/mol. The number of rotatable bonds is 7. The predicted molar refractivity (Wildman–Crippen MR) is 108 cm³/mol. The summed E-state index contributed by atoms with van der Waals surface area (Å²) in [5.41, 5.74) is 2.18. The van der Waals surface area contributed by atoms with Crippen molar-refractivity contribution in [3.63, 3.8) is 0 Å². The Bertz CT molecular complexity index is 788. The second kappa shape index (κ2) is 9.58. The number of hydrogen-bond donors (Lipinski definition) is 2. The van der Waals surface area contributed by atoms with Gasteiger partial charge in [0.25, 0.3) is 5.91 Å². The molecular formula is C20H22N2O3S. The Hall–Kier alpha value is -2.86. The van der Waals surface area contributed by atoms with E-state index in [-0.39, 0.29) is 11.0 Å². The van der Waals surface area contributed by atoms with Crippen LogP contribution in [-0.2, 0) is 0 Å². The van der Waals surface area contributed by atoms with Gasteiger partial charge >= 0.3 is 0 Å². The number of hydrogen-bond acceptors (Lipinski definition) is 4. The van der Waals surface area contributed by atoms with E-state index in [2.05, 4.69) is 17.2 Å². The quantitative estimate of drug-likeness (QED) is 0.566. The van der Waals surface area contributed by atoms with Crippen molar-refractivity contribution < 1.29 is 14.3 Å². The van der Waals surface area contributed by atoms with Crippen molar-refractivity contribution in [1.29, 1.82) is 0 Å². The Balaban J connectivity index is 1.90. The van der Waals surface area contributed by atoms with Crippen LogP contribution in [0.5, 0.6) is 11.5 Å². The van der Waals surface area contributed by atoms with Gasteiger partial charge in [0.2, 0.25) is 0 Å². The maximum absolute atomic E-state index is 12.3. The van der Waals surface area contributed by atoms with Gasteiger partial charge < -0.3 is 14.8 Å². The Morgan fingerprint density at radius 1 is 1.12 bits per heavy atom. The van der Waals surface area contributed by atoms with Crippen LogP contribution in [0, 0.1) is 0 Å². The first kappa shape index (κ1) is 19.5. The van der Waals surface area contributed by atoms with Crippen LogP contribution in [0.4, 0.5) is 5.69 Å². The van der Waals surface area contributed by atoms with Gasteiger partial charge in [-0.15, -0.1) is 0 Å². The van der Waals surface area contributed by atoms with E-state index in [4.69, 9.17) is 21.7 Å². The van der Waals surface area contributed by atoms with Crippen LogP contribution in [0.3, 0.4) is 0 Å². The van der Waals surface area contributed by atoms with Crippen molar-refractivity contribution in [3.05, 3.63) is 66.2 Å². The highest BCUT2D eigenvalue weighted by atomic mass is 32.1. The first-order chi connectivity index (χ1) is 12.5. The van der Waals surface area contributed by atoms with E-state index in [1.54, 1.807) is 24.3 Å². The average Bonchev–Trinajstić information content (AvgIpc) is 2.61. The Morgan fingerprint density at radius 2 is 1.85 bits per heavy atom. The molecule has 1 amide bonds. The molecular weight excluding hydrogens is 348 g/mol. The molecule has 0 spiro atoms. The SMILES string of the molecule is C=C(C)COc1ccc(NC(=S)NC(=O)c2cccc(OCC)c2)cc1. The first-order valence-electron chi connectivity index (χ1n) is 8.20. The molecule has 0 saturated heterocycles. The van der Waals surface area contributed by atoms with Gasteiger partial charge in [-0.3, -0.25) is 10.1 Å². The summed E-state index contributed by atoms with van der Waals surface area (Å²) in [6.07, 6.45) is 0. The van der Waals surface area contributed by atoms with Gasteiger partial charge in [-0.2, -0.15) is 0 Å². The summed E-state index contributed by atoms with van der Waals surface area (Å²) in [5.74, 6) is 1.08. The third-order valence-corrected chi connectivity index (χ3v) is 3.44. The van der Waals surface area contributed by atoms with Crippen LogP contribution in [-0.4, -0.2) is 24.2 Å². The highest BCUT2D eigenvalue weighted by molar-refractivity contribution is 7.80. The monoisotopic (exact) mass is 370 g/mol. The number of ether oxygens (including phenoxy) is 2. The molecule has 0 aliphatic carbocycles. The zero-order chi connectivity index (χ0) is 18.9. The summed E-state index contributed by atoms with van der Waals surface area (Å²) in [6.45, 7) is 8.60. The van der Waals surface area contributed by atoms with Gasteiger partial charge in [-0.25, -0.2) is 0 Å². The van der Waals surface area contributed by atoms with E-state index in [0.29, 0.717) is 24.5 Å². The van der Waals surface area contributed by atoms with E-state index in [0.717, 1.165) is 17.0 Å². The van der Waals surface area contributed by atoms with Crippen molar-refractivity contribution >= 4 is 28.9 Å². The van der Waals surface area contributed by atoms with Gasteiger partial charge in [0, 0.05) is 11.3 Å². The van der Waals surface area contributed by atoms with Crippen molar-refractivity contribution in [3.8, 4) is 11.5 Å². The first-order valence-corrected chi connectivity index (χ1v) is 8.61. The van der Waals surface area contributed by atoms with E-state index >= 15 is 0 Å². The second-order valence-corrected chi connectivity index (χ2v) is 6.05. The molecule has 0 bridgehead atoms. The summed E-state index contributed by atoms with van der Waals surface area (Å²) in [6, 6.07) is 14.2. The third kappa shape index (κ3) is 6.22. The van der Waals surface area contributed by atoms with E-state index in [9.17, 15) is 4.79 Å². The van der Waals surface area contributed by atoms with Gasteiger partial charge in [-0.1, -0.05) is 12.6 Å². The minimum absolute atomic E-state index is 0.215. The van der Waals surface area contributed by atoms with Gasteiger partial charge in [0.1, 0.15) is 18.1 Å². The molecule has 2 rings (SSSR count). The maximum Gasteiger partial charge on any atom is 0.257 e. The third-order valence-electron chi connectivity index (χ3n) is 3.23. The molecule has 5 nitrogen and oxygen atoms in total. The predicted octanol–water partition coefficient (Wildman–Crippen LogP) is 4.17. The molecule has 0 radical (unpaired) electrons. The summed E-state index contributed by atoms with van der Waals surface area (Å²) >= 11 is 5.20. The molecule has 2 aromatic carbocycles. The molecule has 0 fully saturated rings. The zero-order valence-corrected chi connectivity index (χ0v) is 15.7. The number of nitrogens with one attached hydrogen (secondary N) is 2. The fourth-order valence-electron chi connectivity index (χ4n) is 2.07. The second-order valence-electron chi connectivity index (χ2n) is 5.64. The molecule has 0 aliphatic heterocycles. The summed E-state index contributed by atoms with van der Waals surface area (Å²) in [5, 5.41) is 5.84. The number of amides is 1. The standard InChI is InChI=1S/C20H22N2O3S/c1-4-24-18-7-5-6-15(12-18)19(23)22-20(26)21-16-8-10-17(11-9-16)25-13-14(2)3/h5-12H,2,4,13H2,1,3H3,(H2,21,22,23,26). The molecule has 0 unspecified atom stereocenters. The lowest BCUT2D eigenvalue weighted by atomic mass is 10.2. The largest absolute Gasteiger partial charge is 0.494 e. The Morgan fingerprint density at radius 3 is 2.50 bits per heavy atom. The smallest absolute Gasteiger partial charge is 0.257 e. The molecule has 0 atom stereocenters. The Kier molecular flexibility index (Phi) is 7.17. The van der Waals surface area contributed by atoms with Crippen LogP contribution in [0.1, 0.15) is 24.2 Å². The van der Waals surface area contributed by atoms with Gasteiger partial charge in [-0.05, 0) is 74.1 Å². The van der Waals surface area contributed by atoms with E-state index in [1.807, 2.05) is 38.1 Å².